The first kappa shape index (κ1) is 28.9. The number of rotatable bonds is 12. The van der Waals surface area contributed by atoms with Crippen LogP contribution in [0.25, 0.3) is 22.9 Å². The lowest BCUT2D eigenvalue weighted by molar-refractivity contribution is 0.0741. The van der Waals surface area contributed by atoms with E-state index < -0.39 is 0 Å². The van der Waals surface area contributed by atoms with E-state index in [1.807, 2.05) is 45.9 Å². The second-order valence-electron chi connectivity index (χ2n) is 11.7. The molecule has 1 amide bonds. The molecule has 0 saturated carbocycles. The van der Waals surface area contributed by atoms with Crippen molar-refractivity contribution in [1.29, 1.82) is 0 Å². The summed E-state index contributed by atoms with van der Waals surface area (Å²) in [6.07, 6.45) is 12.2. The number of hydrogen-bond acceptors (Lipinski definition) is 4. The van der Waals surface area contributed by atoms with Crippen molar-refractivity contribution in [2.45, 2.75) is 59.8 Å². The third-order valence-electron chi connectivity index (χ3n) is 7.60. The van der Waals surface area contributed by atoms with E-state index in [-0.39, 0.29) is 5.91 Å². The van der Waals surface area contributed by atoms with Crippen molar-refractivity contribution in [3.8, 4) is 17.0 Å². The molecule has 39 heavy (non-hydrogen) atoms. The minimum atomic E-state index is 0.103. The summed E-state index contributed by atoms with van der Waals surface area (Å²) in [6.45, 7) is 13.7. The summed E-state index contributed by atoms with van der Waals surface area (Å²) in [6, 6.07) is 12.0. The molecule has 0 unspecified atom stereocenters. The summed E-state index contributed by atoms with van der Waals surface area (Å²) in [5.41, 5.74) is 4.59. The fraction of sp³-hybridized carbons (Fsp3) is 0.515. The van der Waals surface area contributed by atoms with Gasteiger partial charge in [0, 0.05) is 42.5 Å². The molecule has 4 rings (SSSR count). The van der Waals surface area contributed by atoms with Crippen LogP contribution in [-0.4, -0.2) is 65.2 Å². The van der Waals surface area contributed by atoms with Gasteiger partial charge < -0.3 is 9.64 Å². The van der Waals surface area contributed by atoms with Gasteiger partial charge in [-0.1, -0.05) is 58.4 Å². The van der Waals surface area contributed by atoms with E-state index in [1.54, 1.807) is 7.11 Å². The van der Waals surface area contributed by atoms with Crippen molar-refractivity contribution >= 4 is 17.5 Å². The average Bonchev–Trinajstić information content (AvgIpc) is 3.31. The Morgan fingerprint density at radius 3 is 2.41 bits per heavy atom. The van der Waals surface area contributed by atoms with E-state index in [4.69, 9.17) is 9.84 Å². The normalized spacial score (nSPS) is 14.6. The average molecular weight is 531 g/mol. The predicted octanol–water partition coefficient (Wildman–Crippen LogP) is 7.04. The molecular formula is C33H46N4O2. The highest BCUT2D eigenvalue weighted by Gasteiger charge is 2.20. The van der Waals surface area contributed by atoms with Crippen LogP contribution in [0.4, 0.5) is 0 Å². The van der Waals surface area contributed by atoms with Gasteiger partial charge in [0.25, 0.3) is 5.91 Å². The van der Waals surface area contributed by atoms with Gasteiger partial charge in [0.15, 0.2) is 0 Å². The summed E-state index contributed by atoms with van der Waals surface area (Å²) in [7, 11) is 1.68. The van der Waals surface area contributed by atoms with E-state index in [1.165, 1.54) is 19.3 Å². The molecule has 0 N–H and O–H groups in total. The van der Waals surface area contributed by atoms with Gasteiger partial charge in [0.05, 0.1) is 12.6 Å². The fourth-order valence-corrected chi connectivity index (χ4v) is 5.13. The molecule has 0 bridgehead atoms. The first-order valence-corrected chi connectivity index (χ1v) is 14.7. The minimum Gasteiger partial charge on any atom is -0.497 e. The van der Waals surface area contributed by atoms with Crippen LogP contribution < -0.4 is 4.74 Å². The predicted molar refractivity (Wildman–Crippen MR) is 161 cm³/mol. The number of methoxy groups -OCH3 is 1. The number of amides is 1. The van der Waals surface area contributed by atoms with Crippen LogP contribution in [0, 0.1) is 11.8 Å². The molecule has 0 spiro atoms. The lowest BCUT2D eigenvalue weighted by Crippen LogP contribution is -2.34. The maximum atomic E-state index is 13.8. The second-order valence-corrected chi connectivity index (χ2v) is 11.7. The number of likely N-dealkylation sites (tertiary alicyclic amines) is 1. The zero-order valence-corrected chi connectivity index (χ0v) is 24.5. The Kier molecular flexibility index (Phi) is 10.2. The number of benzene rings is 1. The number of pyridine rings is 1. The number of carbonyl (C=O) groups is 1. The highest BCUT2D eigenvalue weighted by molar-refractivity contribution is 5.96. The molecule has 1 fully saturated rings. The monoisotopic (exact) mass is 530 g/mol. The fourth-order valence-electron chi connectivity index (χ4n) is 5.13. The van der Waals surface area contributed by atoms with Crippen LogP contribution >= 0.6 is 0 Å². The first-order valence-electron chi connectivity index (χ1n) is 14.7. The van der Waals surface area contributed by atoms with Gasteiger partial charge in [0.1, 0.15) is 11.4 Å². The third-order valence-corrected chi connectivity index (χ3v) is 7.60. The molecule has 3 aromatic rings. The highest BCUT2D eigenvalue weighted by Crippen LogP contribution is 2.30. The Morgan fingerprint density at radius 1 is 1.03 bits per heavy atom. The maximum absolute atomic E-state index is 13.8. The Bertz CT molecular complexity index is 1240. The van der Waals surface area contributed by atoms with Crippen molar-refractivity contribution in [2.75, 3.05) is 39.8 Å². The summed E-state index contributed by atoms with van der Waals surface area (Å²) >= 11 is 0. The lowest BCUT2D eigenvalue weighted by atomic mass is 10.0. The van der Waals surface area contributed by atoms with Gasteiger partial charge in [-0.25, -0.2) is 4.52 Å². The topological polar surface area (TPSA) is 50.1 Å². The quantitative estimate of drug-likeness (QED) is 0.252. The summed E-state index contributed by atoms with van der Waals surface area (Å²) in [5, 5.41) is 4.96. The molecule has 1 aliphatic heterocycles. The van der Waals surface area contributed by atoms with Gasteiger partial charge in [-0.2, -0.15) is 5.10 Å². The number of aromatic nitrogens is 2. The highest BCUT2D eigenvalue weighted by atomic mass is 16.5. The Balaban J connectivity index is 1.70. The van der Waals surface area contributed by atoms with Crippen LogP contribution in [-0.2, 0) is 0 Å². The molecule has 2 aromatic heterocycles. The van der Waals surface area contributed by atoms with Crippen molar-refractivity contribution in [1.82, 2.24) is 19.4 Å². The van der Waals surface area contributed by atoms with E-state index in [9.17, 15) is 4.79 Å². The maximum Gasteiger partial charge on any atom is 0.253 e. The molecule has 6 nitrogen and oxygen atoms in total. The molecule has 0 aliphatic carbocycles. The lowest BCUT2D eigenvalue weighted by Gasteiger charge is -2.25. The summed E-state index contributed by atoms with van der Waals surface area (Å²) in [5.74, 6) is 2.01. The van der Waals surface area contributed by atoms with Gasteiger partial charge in [0.2, 0.25) is 0 Å². The molecule has 3 heterocycles. The van der Waals surface area contributed by atoms with Gasteiger partial charge in [-0.05, 0) is 74.9 Å². The Labute approximate surface area is 234 Å². The first-order chi connectivity index (χ1) is 18.9. The zero-order valence-electron chi connectivity index (χ0n) is 24.5. The zero-order chi connectivity index (χ0) is 27.8. The van der Waals surface area contributed by atoms with Crippen LogP contribution in [0.15, 0.2) is 48.7 Å². The molecule has 6 heteroatoms. The molecular weight excluding hydrogens is 484 g/mol. The number of carbonyl (C=O) groups excluding carboxylic acids is 1. The number of piperidine rings is 1. The van der Waals surface area contributed by atoms with Gasteiger partial charge >= 0.3 is 0 Å². The molecule has 1 aromatic carbocycles. The second kappa shape index (κ2) is 13.8. The van der Waals surface area contributed by atoms with Crippen LogP contribution in [0.5, 0.6) is 5.75 Å². The largest absolute Gasteiger partial charge is 0.497 e. The van der Waals surface area contributed by atoms with Crippen LogP contribution in [0.3, 0.4) is 0 Å². The Hall–Kier alpha value is -3.12. The molecule has 1 saturated heterocycles. The molecule has 0 atom stereocenters. The van der Waals surface area contributed by atoms with Crippen molar-refractivity contribution in [3.63, 3.8) is 0 Å². The van der Waals surface area contributed by atoms with E-state index in [0.717, 1.165) is 79.2 Å². The SMILES string of the molecule is COc1cccc(-c2nn3ccc(C(=O)N(CCC(C)C)CCC(C)C)cc3c2C=CCN2CCCCC2)c1. The van der Waals surface area contributed by atoms with Crippen molar-refractivity contribution in [3.05, 3.63) is 59.8 Å². The summed E-state index contributed by atoms with van der Waals surface area (Å²) < 4.78 is 7.40. The van der Waals surface area contributed by atoms with E-state index in [2.05, 4.69) is 50.8 Å². The molecule has 0 radical (unpaired) electrons. The smallest absolute Gasteiger partial charge is 0.253 e. The molecule has 1 aliphatic rings. The van der Waals surface area contributed by atoms with Gasteiger partial charge in [-0.15, -0.1) is 0 Å². The van der Waals surface area contributed by atoms with Gasteiger partial charge in [-0.3, -0.25) is 9.69 Å². The van der Waals surface area contributed by atoms with Crippen molar-refractivity contribution in [2.24, 2.45) is 11.8 Å². The third kappa shape index (κ3) is 7.72. The van der Waals surface area contributed by atoms with E-state index in [0.29, 0.717) is 11.8 Å². The number of ether oxygens (including phenoxy) is 1. The van der Waals surface area contributed by atoms with E-state index >= 15 is 0 Å². The summed E-state index contributed by atoms with van der Waals surface area (Å²) in [4.78, 5) is 18.3. The number of fused-ring (bicyclic) bond motifs is 1. The van der Waals surface area contributed by atoms with Crippen LogP contribution in [0.2, 0.25) is 0 Å². The standard InChI is InChI=1S/C33H46N4O2/c1-25(2)14-20-36(21-15-26(3)4)33(38)28-16-22-37-31(24-28)30(13-10-19-35-17-7-6-8-18-35)32(34-37)27-11-9-12-29(23-27)39-5/h9-13,16,22-26H,6-8,14-15,17-21H2,1-5H3. The Morgan fingerprint density at radius 2 is 1.74 bits per heavy atom. The number of hydrogen-bond donors (Lipinski definition) is 0. The molecule has 210 valence electrons. The minimum absolute atomic E-state index is 0.103. The van der Waals surface area contributed by atoms with Crippen molar-refractivity contribution < 1.29 is 9.53 Å². The van der Waals surface area contributed by atoms with Crippen LogP contribution in [0.1, 0.15) is 75.7 Å². The number of nitrogens with zero attached hydrogens (tertiary/aromatic N) is 4.